The third-order valence-electron chi connectivity index (χ3n) is 3.57. The van der Waals surface area contributed by atoms with Crippen LogP contribution in [0, 0.1) is 0 Å². The van der Waals surface area contributed by atoms with Crippen LogP contribution in [-0.4, -0.2) is 48.4 Å². The summed E-state index contributed by atoms with van der Waals surface area (Å²) < 4.78 is 40.1. The lowest BCUT2D eigenvalue weighted by molar-refractivity contribution is -0.274. The van der Waals surface area contributed by atoms with Gasteiger partial charge in [-0.05, 0) is 24.3 Å². The molecule has 12 heteroatoms. The van der Waals surface area contributed by atoms with E-state index in [2.05, 4.69) is 26.0 Å². The number of anilines is 1. The van der Waals surface area contributed by atoms with Gasteiger partial charge in [-0.2, -0.15) is 0 Å². The first-order valence-corrected chi connectivity index (χ1v) is 9.23. The van der Waals surface area contributed by atoms with E-state index in [1.807, 2.05) is 0 Å². The maximum atomic E-state index is 12.1. The van der Waals surface area contributed by atoms with Crippen LogP contribution < -0.4 is 26.0 Å². The quantitative estimate of drug-likeness (QED) is 0.527. The van der Waals surface area contributed by atoms with Crippen molar-refractivity contribution in [2.45, 2.75) is 30.7 Å². The molecule has 1 fully saturated rings. The second-order valence-corrected chi connectivity index (χ2v) is 6.92. The summed E-state index contributed by atoms with van der Waals surface area (Å²) in [4.78, 5) is 35.2. The van der Waals surface area contributed by atoms with Gasteiger partial charge in [0.2, 0.25) is 17.7 Å². The van der Waals surface area contributed by atoms with Crippen molar-refractivity contribution in [1.29, 1.82) is 0 Å². The van der Waals surface area contributed by atoms with Gasteiger partial charge < -0.3 is 20.7 Å². The van der Waals surface area contributed by atoms with Gasteiger partial charge in [-0.25, -0.2) is 0 Å². The average Bonchev–Trinajstić information content (AvgIpc) is 2.60. The Morgan fingerprint density at radius 2 is 1.93 bits per heavy atom. The zero-order valence-electron chi connectivity index (χ0n) is 14.8. The molecule has 4 N–H and O–H groups in total. The van der Waals surface area contributed by atoms with Crippen molar-refractivity contribution >= 4 is 35.2 Å². The predicted octanol–water partition coefficient (Wildman–Crippen LogP) is 1.15. The van der Waals surface area contributed by atoms with Crippen LogP contribution in [0.15, 0.2) is 24.3 Å². The zero-order valence-corrected chi connectivity index (χ0v) is 15.6. The number of alkyl halides is 3. The van der Waals surface area contributed by atoms with Crippen LogP contribution in [0.2, 0.25) is 0 Å². The van der Waals surface area contributed by atoms with Gasteiger partial charge in [0.05, 0.1) is 5.75 Å². The van der Waals surface area contributed by atoms with Crippen molar-refractivity contribution in [3.05, 3.63) is 24.3 Å². The Morgan fingerprint density at radius 3 is 2.54 bits per heavy atom. The fourth-order valence-corrected chi connectivity index (χ4v) is 3.28. The van der Waals surface area contributed by atoms with Gasteiger partial charge in [0.25, 0.3) is 0 Å². The normalized spacial score (nSPS) is 19.5. The van der Waals surface area contributed by atoms with Crippen LogP contribution in [0.1, 0.15) is 12.8 Å². The highest BCUT2D eigenvalue weighted by Gasteiger charge is 2.31. The first-order valence-electron chi connectivity index (χ1n) is 8.18. The molecule has 1 aliphatic heterocycles. The molecule has 0 saturated carbocycles. The van der Waals surface area contributed by atoms with Gasteiger partial charge in [-0.1, -0.05) is 0 Å². The summed E-state index contributed by atoms with van der Waals surface area (Å²) in [6, 6.07) is 4.40. The van der Waals surface area contributed by atoms with E-state index >= 15 is 0 Å². The number of carbonyl (C=O) groups is 3. The van der Waals surface area contributed by atoms with E-state index in [-0.39, 0.29) is 36.5 Å². The number of rotatable bonds is 7. The van der Waals surface area contributed by atoms with Crippen LogP contribution in [0.3, 0.4) is 0 Å². The summed E-state index contributed by atoms with van der Waals surface area (Å²) in [5.74, 6) is -1.25. The van der Waals surface area contributed by atoms with Gasteiger partial charge >= 0.3 is 6.36 Å². The Kier molecular flexibility index (Phi) is 7.52. The number of thioether (sulfide) groups is 1. The highest BCUT2D eigenvalue weighted by Crippen LogP contribution is 2.24. The van der Waals surface area contributed by atoms with Crippen molar-refractivity contribution in [2.75, 3.05) is 18.1 Å². The number of hydrogen-bond donors (Lipinski definition) is 4. The maximum absolute atomic E-state index is 12.1. The molecule has 0 bridgehead atoms. The van der Waals surface area contributed by atoms with Crippen LogP contribution in [0.5, 0.6) is 5.75 Å². The van der Waals surface area contributed by atoms with Crippen LogP contribution in [-0.2, 0) is 14.4 Å². The Morgan fingerprint density at radius 1 is 1.25 bits per heavy atom. The van der Waals surface area contributed by atoms with E-state index in [4.69, 9.17) is 0 Å². The summed E-state index contributed by atoms with van der Waals surface area (Å²) in [6.45, 7) is 0. The molecular weight excluding hydrogens is 401 g/mol. The Labute approximate surface area is 162 Å². The number of ether oxygens (including phenoxy) is 1. The molecule has 0 radical (unpaired) electrons. The number of amides is 3. The summed E-state index contributed by atoms with van der Waals surface area (Å²) in [5, 5.41) is 10.7. The second-order valence-electron chi connectivity index (χ2n) is 5.82. The summed E-state index contributed by atoms with van der Waals surface area (Å²) in [5.41, 5.74) is -0.234. The van der Waals surface area contributed by atoms with E-state index in [1.54, 1.807) is 0 Å². The molecule has 154 valence electrons. The van der Waals surface area contributed by atoms with E-state index in [0.29, 0.717) is 5.69 Å². The van der Waals surface area contributed by atoms with E-state index in [0.717, 1.165) is 23.9 Å². The average molecular weight is 420 g/mol. The molecule has 0 spiro atoms. The number of hydrogen-bond acceptors (Lipinski definition) is 6. The summed E-state index contributed by atoms with van der Waals surface area (Å²) >= 11 is 1.12. The smallest absolute Gasteiger partial charge is 0.406 e. The highest BCUT2D eigenvalue weighted by atomic mass is 32.2. The van der Waals surface area contributed by atoms with E-state index in [1.165, 1.54) is 19.2 Å². The number of nitrogens with one attached hydrogen (secondary N) is 4. The van der Waals surface area contributed by atoms with Crippen LogP contribution >= 0.6 is 11.8 Å². The highest BCUT2D eigenvalue weighted by molar-refractivity contribution is 8.00. The minimum atomic E-state index is -4.78. The third kappa shape index (κ3) is 7.64. The van der Waals surface area contributed by atoms with Crippen LogP contribution in [0.4, 0.5) is 18.9 Å². The van der Waals surface area contributed by atoms with Gasteiger partial charge in [0.1, 0.15) is 11.2 Å². The summed E-state index contributed by atoms with van der Waals surface area (Å²) in [6.07, 6.45) is -4.49. The van der Waals surface area contributed by atoms with Crippen molar-refractivity contribution in [2.24, 2.45) is 0 Å². The van der Waals surface area contributed by atoms with Crippen molar-refractivity contribution in [3.63, 3.8) is 0 Å². The predicted molar refractivity (Wildman–Crippen MR) is 96.4 cm³/mol. The van der Waals surface area contributed by atoms with Gasteiger partial charge in [-0.15, -0.1) is 24.9 Å². The molecule has 2 unspecified atom stereocenters. The Balaban J connectivity index is 1.80. The lowest BCUT2D eigenvalue weighted by Gasteiger charge is -2.30. The Hall–Kier alpha value is -2.47. The van der Waals surface area contributed by atoms with Gasteiger partial charge in [-0.3, -0.25) is 19.7 Å². The van der Waals surface area contributed by atoms with E-state index in [9.17, 15) is 27.6 Å². The molecule has 2 rings (SSSR count). The number of carbonyl (C=O) groups excluding carboxylic acids is 3. The molecule has 8 nitrogen and oxygen atoms in total. The van der Waals surface area contributed by atoms with Gasteiger partial charge in [0.15, 0.2) is 0 Å². The molecule has 3 amide bonds. The number of halogens is 3. The zero-order chi connectivity index (χ0) is 20.7. The van der Waals surface area contributed by atoms with E-state index < -0.39 is 23.5 Å². The Bertz CT molecular complexity index is 715. The van der Waals surface area contributed by atoms with Crippen molar-refractivity contribution in [3.8, 4) is 5.75 Å². The van der Waals surface area contributed by atoms with Gasteiger partial charge in [0, 0.05) is 31.6 Å². The third-order valence-corrected chi connectivity index (χ3v) is 4.59. The lowest BCUT2D eigenvalue weighted by atomic mass is 10.1. The number of benzene rings is 1. The fourth-order valence-electron chi connectivity index (χ4n) is 2.39. The summed E-state index contributed by atoms with van der Waals surface area (Å²) in [7, 11) is 1.50. The molecule has 1 saturated heterocycles. The first kappa shape index (κ1) is 21.8. The minimum absolute atomic E-state index is 0.0224. The SMILES string of the molecule is CNC(=O)CC1CC(=O)NC(SCC(=O)Nc2ccc(OC(F)(F)F)cc2)N1. The maximum Gasteiger partial charge on any atom is 0.573 e. The van der Waals surface area contributed by atoms with Crippen molar-refractivity contribution in [1.82, 2.24) is 16.0 Å². The molecule has 1 aliphatic rings. The minimum Gasteiger partial charge on any atom is -0.406 e. The molecule has 28 heavy (non-hydrogen) atoms. The fraction of sp³-hybridized carbons (Fsp3) is 0.438. The molecule has 0 aromatic heterocycles. The molecule has 0 aliphatic carbocycles. The largest absolute Gasteiger partial charge is 0.573 e. The molecule has 2 atom stereocenters. The lowest BCUT2D eigenvalue weighted by Crippen LogP contribution is -2.55. The van der Waals surface area contributed by atoms with Crippen molar-refractivity contribution < 1.29 is 32.3 Å². The molecule has 1 heterocycles. The standard InChI is InChI=1S/C16H19F3N4O4S/c1-20-12(24)6-10-7-13(25)23-15(22-10)28-8-14(26)21-9-2-4-11(5-3-9)27-16(17,18)19/h2-5,10,15,22H,6-8H2,1H3,(H,20,24)(H,21,26)(H,23,25). The first-order chi connectivity index (χ1) is 13.1. The molecule has 1 aromatic carbocycles. The molecular formula is C16H19F3N4O4S. The van der Waals surface area contributed by atoms with Crippen LogP contribution in [0.25, 0.3) is 0 Å². The monoisotopic (exact) mass is 420 g/mol. The molecule has 1 aromatic rings. The topological polar surface area (TPSA) is 109 Å². The second kappa shape index (κ2) is 9.64.